The van der Waals surface area contributed by atoms with E-state index in [0.29, 0.717) is 23.9 Å². The van der Waals surface area contributed by atoms with Crippen molar-refractivity contribution in [2.75, 3.05) is 47.5 Å². The van der Waals surface area contributed by atoms with Crippen molar-refractivity contribution in [3.63, 3.8) is 0 Å². The van der Waals surface area contributed by atoms with Crippen LogP contribution in [0.4, 0.5) is 0 Å². The van der Waals surface area contributed by atoms with Gasteiger partial charge in [0, 0.05) is 12.8 Å². The van der Waals surface area contributed by atoms with Gasteiger partial charge in [0.25, 0.3) is 7.82 Å². The van der Waals surface area contributed by atoms with Crippen molar-refractivity contribution in [3.8, 4) is 0 Å². The Hall–Kier alpha value is -4.11. The van der Waals surface area contributed by atoms with Gasteiger partial charge in [-0.3, -0.25) is 14.2 Å². The van der Waals surface area contributed by atoms with Crippen molar-refractivity contribution in [2.24, 2.45) is 0 Å². The van der Waals surface area contributed by atoms with Crippen molar-refractivity contribution in [1.29, 1.82) is 0 Å². The molecule has 0 spiro atoms. The number of phosphoric acid groups is 1. The van der Waals surface area contributed by atoms with Crippen molar-refractivity contribution in [2.45, 2.75) is 328 Å². The van der Waals surface area contributed by atoms with Crippen LogP contribution in [0.1, 0.15) is 322 Å². The van der Waals surface area contributed by atoms with Gasteiger partial charge < -0.3 is 27.9 Å². The van der Waals surface area contributed by atoms with E-state index in [2.05, 4.69) is 154 Å². The summed E-state index contributed by atoms with van der Waals surface area (Å²) in [6, 6.07) is 0. The number of unbranched alkanes of at least 4 members (excludes halogenated alkanes) is 32. The lowest BCUT2D eigenvalue weighted by atomic mass is 10.0. The Balaban J connectivity index is 4.03. The lowest BCUT2D eigenvalue weighted by Gasteiger charge is -2.28. The molecule has 0 bridgehead atoms. The van der Waals surface area contributed by atoms with Gasteiger partial charge in [0.15, 0.2) is 6.10 Å². The Morgan fingerprint density at radius 1 is 0.340 bits per heavy atom. The van der Waals surface area contributed by atoms with Gasteiger partial charge in [-0.25, -0.2) is 0 Å². The first-order valence-corrected chi connectivity index (χ1v) is 40.0. The van der Waals surface area contributed by atoms with Gasteiger partial charge in [-0.2, -0.15) is 0 Å². The van der Waals surface area contributed by atoms with E-state index >= 15 is 0 Å². The van der Waals surface area contributed by atoms with Crippen LogP contribution in [-0.2, 0) is 32.7 Å². The molecule has 0 radical (unpaired) electrons. The zero-order chi connectivity index (χ0) is 68.3. The number of rotatable bonds is 70. The van der Waals surface area contributed by atoms with Gasteiger partial charge in [0.1, 0.15) is 19.8 Å². The molecule has 0 fully saturated rings. The summed E-state index contributed by atoms with van der Waals surface area (Å²) in [5.74, 6) is -0.902. The monoisotopic (exact) mass is 1330 g/mol. The van der Waals surface area contributed by atoms with Crippen LogP contribution in [-0.4, -0.2) is 70.0 Å². The molecule has 0 saturated carbocycles. The van der Waals surface area contributed by atoms with Crippen LogP contribution in [0.2, 0.25) is 0 Å². The van der Waals surface area contributed by atoms with E-state index in [1.165, 1.54) is 193 Å². The molecule has 0 aromatic heterocycles. The number of esters is 2. The molecule has 0 aromatic rings. The second-order valence-electron chi connectivity index (χ2n) is 26.6. The number of phosphoric ester groups is 1. The van der Waals surface area contributed by atoms with E-state index in [1.54, 1.807) is 0 Å². The standard InChI is InChI=1S/C84H144NO8P/c1-6-8-10-12-14-16-18-20-22-24-26-28-30-32-34-36-37-38-39-40-41-42-43-44-45-46-47-49-50-52-54-56-58-60-62-64-66-68-70-72-74-76-83(86)90-80-82(81-92-94(88,89)91-79-78-85(3,4)5)93-84(87)77-75-73-71-69-67-65-63-61-59-57-55-53-51-48-35-33-31-29-27-25-23-21-19-17-15-13-11-9-7-2/h9,11,15,17-18,20-21,23-24,26-27,29-30,32-33,35,51,53,57,59,63,65,69,71,82H,6-8,10,12-14,16,19,22,25,28,31,34,36-50,52,54-56,58,60-62,64,66-68,70,72-81H2,1-5H3/b11-9-,17-15-,20-18-,23-21-,26-24-,29-27-,32-30-,35-33-,53-51-,59-57-,65-63-,71-69-. The van der Waals surface area contributed by atoms with E-state index in [-0.39, 0.29) is 26.1 Å². The molecule has 9 nitrogen and oxygen atoms in total. The summed E-state index contributed by atoms with van der Waals surface area (Å²) < 4.78 is 34.3. The topological polar surface area (TPSA) is 111 Å². The molecular formula is C84H144NO8P. The highest BCUT2D eigenvalue weighted by molar-refractivity contribution is 7.45. The number of carbonyl (C=O) groups excluding carboxylic acids is 2. The molecule has 0 aromatic carbocycles. The third-order valence-corrected chi connectivity index (χ3v) is 17.3. The minimum Gasteiger partial charge on any atom is -0.756 e. The van der Waals surface area contributed by atoms with Crippen LogP contribution in [0.3, 0.4) is 0 Å². The highest BCUT2D eigenvalue weighted by atomic mass is 31.2. The summed E-state index contributed by atoms with van der Waals surface area (Å²) in [6.07, 6.45) is 108. The molecule has 0 aliphatic rings. The zero-order valence-electron chi connectivity index (χ0n) is 61.4. The van der Waals surface area contributed by atoms with Gasteiger partial charge in [0.2, 0.25) is 0 Å². The van der Waals surface area contributed by atoms with Crippen LogP contribution in [0.15, 0.2) is 146 Å². The normalized spacial score (nSPS) is 13.9. The average molecular weight is 1330 g/mol. The van der Waals surface area contributed by atoms with Crippen molar-refractivity contribution >= 4 is 19.8 Å². The maximum Gasteiger partial charge on any atom is 0.306 e. The van der Waals surface area contributed by atoms with E-state index in [0.717, 1.165) is 89.9 Å². The molecule has 10 heteroatoms. The Kier molecular flexibility index (Phi) is 69.9. The Labute approximate surface area is 580 Å². The Morgan fingerprint density at radius 3 is 0.936 bits per heavy atom. The molecule has 0 aliphatic carbocycles. The summed E-state index contributed by atoms with van der Waals surface area (Å²) in [7, 11) is 1.12. The van der Waals surface area contributed by atoms with Gasteiger partial charge in [0.05, 0.1) is 27.7 Å². The number of hydrogen-bond donors (Lipinski definition) is 0. The fourth-order valence-corrected chi connectivity index (χ4v) is 11.2. The first-order valence-electron chi connectivity index (χ1n) is 38.5. The predicted octanol–water partition coefficient (Wildman–Crippen LogP) is 25.1. The number of quaternary nitrogens is 1. The number of ether oxygens (including phenoxy) is 2. The summed E-state index contributed by atoms with van der Waals surface area (Å²) in [5.41, 5.74) is 0. The minimum atomic E-state index is -4.67. The number of nitrogens with zero attached hydrogens (tertiary/aromatic N) is 1. The molecule has 94 heavy (non-hydrogen) atoms. The van der Waals surface area contributed by atoms with Gasteiger partial charge in [-0.15, -0.1) is 0 Å². The second-order valence-corrected chi connectivity index (χ2v) is 28.0. The van der Waals surface area contributed by atoms with E-state index < -0.39 is 32.5 Å². The summed E-state index contributed by atoms with van der Waals surface area (Å²) >= 11 is 0. The number of allylic oxidation sites excluding steroid dienone is 24. The van der Waals surface area contributed by atoms with Gasteiger partial charge >= 0.3 is 11.9 Å². The second kappa shape index (κ2) is 73.1. The van der Waals surface area contributed by atoms with Crippen LogP contribution in [0.25, 0.3) is 0 Å². The highest BCUT2D eigenvalue weighted by Crippen LogP contribution is 2.38. The van der Waals surface area contributed by atoms with Crippen molar-refractivity contribution < 1.29 is 42.1 Å². The number of hydrogen-bond acceptors (Lipinski definition) is 8. The van der Waals surface area contributed by atoms with E-state index in [4.69, 9.17) is 18.5 Å². The number of likely N-dealkylation sites (N-methyl/N-ethyl adjacent to an activating group) is 1. The molecule has 0 N–H and O–H groups in total. The molecule has 2 atom stereocenters. The van der Waals surface area contributed by atoms with Crippen LogP contribution < -0.4 is 4.89 Å². The molecule has 538 valence electrons. The molecular weight excluding hydrogens is 1180 g/mol. The lowest BCUT2D eigenvalue weighted by Crippen LogP contribution is -2.37. The SMILES string of the molecule is CC/C=C\C/C=C\C/C=C\C/C=C\C/C=C\C/C=C\C/C=C\C/C=C\C/C=C\CCCC(=O)OC(COC(=O)CCCCCCCCCCCCCCCCCCCCCCCCCCCC/C=C\C/C=C\C/C=C\CCCCCCC)COP(=O)([O-])OCC[N+](C)(C)C. The van der Waals surface area contributed by atoms with Gasteiger partial charge in [-0.1, -0.05) is 339 Å². The van der Waals surface area contributed by atoms with Gasteiger partial charge in [-0.05, 0) is 116 Å². The smallest absolute Gasteiger partial charge is 0.306 e. The van der Waals surface area contributed by atoms with Crippen molar-refractivity contribution in [1.82, 2.24) is 0 Å². The summed E-state index contributed by atoms with van der Waals surface area (Å²) in [4.78, 5) is 38.1. The first kappa shape index (κ1) is 89.9. The molecule has 0 saturated heterocycles. The maximum atomic E-state index is 12.8. The third-order valence-electron chi connectivity index (χ3n) is 16.3. The number of carbonyl (C=O) groups is 2. The Bertz CT molecular complexity index is 2100. The zero-order valence-corrected chi connectivity index (χ0v) is 62.3. The first-order chi connectivity index (χ1) is 46.0. The largest absolute Gasteiger partial charge is 0.756 e. The van der Waals surface area contributed by atoms with E-state index in [1.807, 2.05) is 27.2 Å². The fraction of sp³-hybridized carbons (Fsp3) is 0.690. The quantitative estimate of drug-likeness (QED) is 0.0195. The average Bonchev–Trinajstić information content (AvgIpc) is 1.65. The molecule has 0 heterocycles. The predicted molar refractivity (Wildman–Crippen MR) is 406 cm³/mol. The summed E-state index contributed by atoms with van der Waals surface area (Å²) in [6.45, 7) is 4.06. The fourth-order valence-electron chi connectivity index (χ4n) is 10.5. The molecule has 0 aliphatic heterocycles. The van der Waals surface area contributed by atoms with Crippen LogP contribution >= 0.6 is 7.82 Å². The van der Waals surface area contributed by atoms with Crippen LogP contribution in [0, 0.1) is 0 Å². The summed E-state index contributed by atoms with van der Waals surface area (Å²) in [5, 5.41) is 0. The highest BCUT2D eigenvalue weighted by Gasteiger charge is 2.22. The van der Waals surface area contributed by atoms with Crippen LogP contribution in [0.5, 0.6) is 0 Å². The molecule has 0 amide bonds. The minimum absolute atomic E-state index is 0.0478. The molecule has 0 rings (SSSR count). The Morgan fingerprint density at radius 2 is 0.617 bits per heavy atom. The third kappa shape index (κ3) is 76.9. The van der Waals surface area contributed by atoms with Crippen molar-refractivity contribution in [3.05, 3.63) is 146 Å². The maximum absolute atomic E-state index is 12.8. The van der Waals surface area contributed by atoms with E-state index in [9.17, 15) is 19.0 Å². The molecule has 2 unspecified atom stereocenters. The lowest BCUT2D eigenvalue weighted by molar-refractivity contribution is -0.870.